The molecule has 2 aromatic rings. The molecule has 0 aromatic heterocycles. The monoisotopic (exact) mass is 444 g/mol. The van der Waals surface area contributed by atoms with Crippen LogP contribution in [0.25, 0.3) is 0 Å². The van der Waals surface area contributed by atoms with Crippen LogP contribution in [0.3, 0.4) is 0 Å². The van der Waals surface area contributed by atoms with Gasteiger partial charge in [0.1, 0.15) is 6.04 Å². The van der Waals surface area contributed by atoms with Crippen LogP contribution in [0.1, 0.15) is 49.8 Å². The molecule has 3 aliphatic rings. The Morgan fingerprint density at radius 2 is 1.73 bits per heavy atom. The molecular weight excluding hydrogens is 412 g/mol. The second-order valence-electron chi connectivity index (χ2n) is 9.78. The number of piperidine rings is 1. The predicted octanol–water partition coefficient (Wildman–Crippen LogP) is 2.86. The average Bonchev–Trinajstić information content (AvgIpc) is 3.39. The molecule has 3 fully saturated rings. The maximum Gasteiger partial charge on any atom is 0.246 e. The van der Waals surface area contributed by atoms with E-state index in [-0.39, 0.29) is 29.4 Å². The Morgan fingerprint density at radius 3 is 2.30 bits per heavy atom. The van der Waals surface area contributed by atoms with Crippen molar-refractivity contribution in [2.75, 3.05) is 0 Å². The standard InChI is InChI=1S/C27H32N4O2/c1-17(28)25(32)30-22-15-21-16-27(21)14-13-23(31(27)26(22)33)18(2)29-24(19-9-5-3-6-10-19)20-11-7-4-8-12-20/h3-12,17,21-24,29H,2,13-16,28H2,1H3,(H,30,32)/t17-,21?,22-,23-,27-/m0/s1. The van der Waals surface area contributed by atoms with E-state index < -0.39 is 12.1 Å². The highest BCUT2D eigenvalue weighted by molar-refractivity contribution is 5.91. The van der Waals surface area contributed by atoms with Crippen molar-refractivity contribution >= 4 is 11.8 Å². The highest BCUT2D eigenvalue weighted by Gasteiger charge is 2.68. The minimum atomic E-state index is -0.632. The van der Waals surface area contributed by atoms with Crippen molar-refractivity contribution in [3.05, 3.63) is 84.1 Å². The summed E-state index contributed by atoms with van der Waals surface area (Å²) in [6.45, 7) is 6.05. The first kappa shape index (κ1) is 21.7. The van der Waals surface area contributed by atoms with Crippen LogP contribution in [0, 0.1) is 5.92 Å². The molecule has 2 heterocycles. The fourth-order valence-electron chi connectivity index (χ4n) is 5.83. The SMILES string of the molecule is C=C(NC(c1ccccc1)c1ccccc1)[C@@H]1CC[C@]23CC2C[C@H](NC(=O)[C@H](C)N)C(=O)N13. The van der Waals surface area contributed by atoms with Crippen LogP contribution in [0.5, 0.6) is 0 Å². The van der Waals surface area contributed by atoms with E-state index in [1.54, 1.807) is 6.92 Å². The quantitative estimate of drug-likeness (QED) is 0.613. The summed E-state index contributed by atoms with van der Waals surface area (Å²) >= 11 is 0. The summed E-state index contributed by atoms with van der Waals surface area (Å²) in [5.41, 5.74) is 8.81. The largest absolute Gasteiger partial charge is 0.376 e. The number of nitrogens with two attached hydrogens (primary N) is 1. The summed E-state index contributed by atoms with van der Waals surface area (Å²) in [4.78, 5) is 27.8. The van der Waals surface area contributed by atoms with Gasteiger partial charge in [-0.25, -0.2) is 0 Å². The number of benzene rings is 2. The first-order valence-electron chi connectivity index (χ1n) is 11.8. The van der Waals surface area contributed by atoms with Gasteiger partial charge in [0.05, 0.1) is 18.1 Å². The maximum atomic E-state index is 13.5. The topological polar surface area (TPSA) is 87.5 Å². The van der Waals surface area contributed by atoms with E-state index in [1.807, 2.05) is 41.3 Å². The third kappa shape index (κ3) is 3.82. The van der Waals surface area contributed by atoms with E-state index >= 15 is 0 Å². The van der Waals surface area contributed by atoms with Gasteiger partial charge < -0.3 is 21.3 Å². The second kappa shape index (κ2) is 8.34. The van der Waals surface area contributed by atoms with Gasteiger partial charge in [-0.05, 0) is 49.7 Å². The van der Waals surface area contributed by atoms with E-state index in [2.05, 4.69) is 41.5 Å². The Kier molecular flexibility index (Phi) is 5.49. The Hall–Kier alpha value is -3.12. The van der Waals surface area contributed by atoms with Crippen LogP contribution in [-0.2, 0) is 9.59 Å². The second-order valence-corrected chi connectivity index (χ2v) is 9.78. The third-order valence-corrected chi connectivity index (χ3v) is 7.63. The van der Waals surface area contributed by atoms with Crippen molar-refractivity contribution in [1.82, 2.24) is 15.5 Å². The molecule has 4 N–H and O–H groups in total. The highest BCUT2D eigenvalue weighted by Crippen LogP contribution is 2.62. The molecule has 5 rings (SSSR count). The van der Waals surface area contributed by atoms with Gasteiger partial charge in [0.25, 0.3) is 0 Å². The smallest absolute Gasteiger partial charge is 0.246 e. The third-order valence-electron chi connectivity index (χ3n) is 7.63. The number of hydrogen-bond acceptors (Lipinski definition) is 4. The number of carbonyl (C=O) groups excluding carboxylic acids is 2. The summed E-state index contributed by atoms with van der Waals surface area (Å²) in [5, 5.41) is 6.54. The number of rotatable bonds is 7. The minimum Gasteiger partial charge on any atom is -0.376 e. The van der Waals surface area contributed by atoms with Gasteiger partial charge in [0.15, 0.2) is 0 Å². The fourth-order valence-corrected chi connectivity index (χ4v) is 5.83. The van der Waals surface area contributed by atoms with Crippen LogP contribution in [0.4, 0.5) is 0 Å². The molecule has 0 radical (unpaired) electrons. The van der Waals surface area contributed by atoms with Gasteiger partial charge in [-0.3, -0.25) is 9.59 Å². The summed E-state index contributed by atoms with van der Waals surface area (Å²) in [5.74, 6) is 0.159. The average molecular weight is 445 g/mol. The molecule has 2 aliphatic heterocycles. The zero-order valence-corrected chi connectivity index (χ0v) is 19.0. The fraction of sp³-hybridized carbons (Fsp3) is 0.407. The molecule has 1 saturated carbocycles. The molecule has 2 aromatic carbocycles. The zero-order chi connectivity index (χ0) is 23.2. The van der Waals surface area contributed by atoms with Gasteiger partial charge in [-0.1, -0.05) is 67.2 Å². The molecule has 2 amide bonds. The predicted molar refractivity (Wildman–Crippen MR) is 128 cm³/mol. The number of carbonyl (C=O) groups is 2. The Balaban J connectivity index is 1.38. The Labute approximate surface area is 195 Å². The van der Waals surface area contributed by atoms with Crippen molar-refractivity contribution in [2.24, 2.45) is 11.7 Å². The minimum absolute atomic E-state index is 0.000766. The molecule has 0 bridgehead atoms. The lowest BCUT2D eigenvalue weighted by Gasteiger charge is -2.40. The van der Waals surface area contributed by atoms with E-state index in [4.69, 9.17) is 5.73 Å². The van der Waals surface area contributed by atoms with Gasteiger partial charge in [0.2, 0.25) is 11.8 Å². The van der Waals surface area contributed by atoms with Gasteiger partial charge in [-0.2, -0.15) is 0 Å². The van der Waals surface area contributed by atoms with Crippen molar-refractivity contribution < 1.29 is 9.59 Å². The lowest BCUT2D eigenvalue weighted by atomic mass is 9.97. The van der Waals surface area contributed by atoms with Gasteiger partial charge in [0, 0.05) is 11.2 Å². The number of amides is 2. The molecular formula is C27H32N4O2. The van der Waals surface area contributed by atoms with Gasteiger partial charge in [-0.15, -0.1) is 0 Å². The number of nitrogens with zero attached hydrogens (tertiary/aromatic N) is 1. The molecule has 1 aliphatic carbocycles. The molecule has 33 heavy (non-hydrogen) atoms. The van der Waals surface area contributed by atoms with Crippen LogP contribution in [0.2, 0.25) is 0 Å². The molecule has 1 unspecified atom stereocenters. The highest BCUT2D eigenvalue weighted by atomic mass is 16.2. The summed E-state index contributed by atoms with van der Waals surface area (Å²) in [6.07, 6.45) is 3.59. The zero-order valence-electron chi connectivity index (χ0n) is 19.0. The molecule has 172 valence electrons. The van der Waals surface area contributed by atoms with Crippen LogP contribution in [-0.4, -0.2) is 40.4 Å². The van der Waals surface area contributed by atoms with Gasteiger partial charge >= 0.3 is 0 Å². The number of nitrogens with one attached hydrogen (secondary N) is 2. The van der Waals surface area contributed by atoms with E-state index in [9.17, 15) is 9.59 Å². The summed E-state index contributed by atoms with van der Waals surface area (Å²) in [6, 6.07) is 19.3. The van der Waals surface area contributed by atoms with Crippen LogP contribution in [0.15, 0.2) is 72.9 Å². The molecule has 2 saturated heterocycles. The van der Waals surface area contributed by atoms with Crippen molar-refractivity contribution in [3.8, 4) is 0 Å². The first-order chi connectivity index (χ1) is 15.9. The Bertz CT molecular complexity index is 1010. The summed E-state index contributed by atoms with van der Waals surface area (Å²) < 4.78 is 0. The molecule has 6 nitrogen and oxygen atoms in total. The number of hydrogen-bond donors (Lipinski definition) is 3. The van der Waals surface area contributed by atoms with Crippen molar-refractivity contribution in [1.29, 1.82) is 0 Å². The lowest BCUT2D eigenvalue weighted by molar-refractivity contribution is -0.142. The summed E-state index contributed by atoms with van der Waals surface area (Å²) in [7, 11) is 0. The van der Waals surface area contributed by atoms with Crippen LogP contribution < -0.4 is 16.4 Å². The molecule has 5 atom stereocenters. The molecule has 6 heteroatoms. The molecule has 1 spiro atoms. The normalized spacial score (nSPS) is 28.6. The maximum absolute atomic E-state index is 13.5. The van der Waals surface area contributed by atoms with Crippen molar-refractivity contribution in [2.45, 2.75) is 62.3 Å². The van der Waals surface area contributed by atoms with E-state index in [0.717, 1.165) is 36.1 Å². The van der Waals surface area contributed by atoms with Crippen LogP contribution >= 0.6 is 0 Å². The van der Waals surface area contributed by atoms with E-state index in [0.29, 0.717) is 12.3 Å². The lowest BCUT2D eigenvalue weighted by Crippen LogP contribution is -2.59. The first-order valence-corrected chi connectivity index (χ1v) is 11.8. The van der Waals surface area contributed by atoms with Crippen molar-refractivity contribution in [3.63, 3.8) is 0 Å². The Morgan fingerprint density at radius 1 is 1.12 bits per heavy atom. The van der Waals surface area contributed by atoms with E-state index in [1.165, 1.54) is 0 Å².